The Morgan fingerprint density at radius 1 is 1.00 bits per heavy atom. The van der Waals surface area contributed by atoms with Gasteiger partial charge in [0.15, 0.2) is 0 Å². The molecule has 0 unspecified atom stereocenters. The highest BCUT2D eigenvalue weighted by molar-refractivity contribution is 5.05. The van der Waals surface area contributed by atoms with Crippen molar-refractivity contribution in [2.45, 2.75) is 45.4 Å². The summed E-state index contributed by atoms with van der Waals surface area (Å²) in [7, 11) is 0. The topological polar surface area (TPSA) is 20.2 Å². The molecule has 0 aliphatic heterocycles. The molecule has 80 valence electrons. The van der Waals surface area contributed by atoms with Gasteiger partial charge in [0.1, 0.15) is 0 Å². The molecule has 4 fully saturated rings. The molecule has 4 saturated carbocycles. The van der Waals surface area contributed by atoms with E-state index in [0.717, 1.165) is 23.7 Å². The quantitative estimate of drug-likeness (QED) is 0.716. The lowest BCUT2D eigenvalue weighted by Crippen LogP contribution is -2.54. The molecule has 1 N–H and O–H groups in total. The molecular weight excluding hydrogens is 172 g/mol. The van der Waals surface area contributed by atoms with Crippen molar-refractivity contribution in [3.63, 3.8) is 0 Å². The van der Waals surface area contributed by atoms with Gasteiger partial charge >= 0.3 is 0 Å². The lowest BCUT2D eigenvalue weighted by atomic mass is 9.45. The summed E-state index contributed by atoms with van der Waals surface area (Å²) in [6.07, 6.45) is 8.45. The molecular formula is C13H22O. The van der Waals surface area contributed by atoms with Crippen LogP contribution in [-0.2, 0) is 0 Å². The van der Waals surface area contributed by atoms with Crippen molar-refractivity contribution in [1.82, 2.24) is 0 Å². The number of hydrogen-bond donors (Lipinski definition) is 1. The average molecular weight is 194 g/mol. The van der Waals surface area contributed by atoms with Crippen LogP contribution in [0.5, 0.6) is 0 Å². The molecule has 14 heavy (non-hydrogen) atoms. The molecule has 0 aromatic carbocycles. The predicted octanol–water partition coefficient (Wildman–Crippen LogP) is 2.83. The van der Waals surface area contributed by atoms with Gasteiger partial charge in [-0.1, -0.05) is 6.92 Å². The van der Waals surface area contributed by atoms with Crippen LogP contribution in [0.3, 0.4) is 0 Å². The van der Waals surface area contributed by atoms with E-state index in [-0.39, 0.29) is 0 Å². The van der Waals surface area contributed by atoms with Gasteiger partial charge in [0.05, 0.1) is 0 Å². The predicted molar refractivity (Wildman–Crippen MR) is 56.9 cm³/mol. The van der Waals surface area contributed by atoms with Gasteiger partial charge in [-0.3, -0.25) is 0 Å². The minimum Gasteiger partial charge on any atom is -0.396 e. The van der Waals surface area contributed by atoms with E-state index in [1.54, 1.807) is 0 Å². The fourth-order valence-corrected chi connectivity index (χ4v) is 5.07. The first-order chi connectivity index (χ1) is 6.78. The monoisotopic (exact) mass is 194 g/mol. The zero-order valence-corrected chi connectivity index (χ0v) is 9.21. The Labute approximate surface area is 86.9 Å². The van der Waals surface area contributed by atoms with E-state index >= 15 is 0 Å². The zero-order chi connectivity index (χ0) is 9.76. The highest BCUT2D eigenvalue weighted by Crippen LogP contribution is 2.63. The van der Waals surface area contributed by atoms with Crippen LogP contribution in [0.25, 0.3) is 0 Å². The molecule has 0 amide bonds. The minimum atomic E-state index is 0.341. The van der Waals surface area contributed by atoms with Crippen molar-refractivity contribution in [2.75, 3.05) is 6.61 Å². The standard InChI is InChI=1S/C13H22O/c1-2-13(8-14)11-4-9-3-10(6-11)7-12(13)5-9/h9-12,14H,2-8H2,1H3. The normalized spacial score (nSPS) is 55.3. The molecule has 4 aliphatic carbocycles. The van der Waals surface area contributed by atoms with Gasteiger partial charge in [0, 0.05) is 6.61 Å². The van der Waals surface area contributed by atoms with Gasteiger partial charge < -0.3 is 5.11 Å². The second kappa shape index (κ2) is 2.98. The van der Waals surface area contributed by atoms with E-state index in [0.29, 0.717) is 12.0 Å². The molecule has 0 spiro atoms. The van der Waals surface area contributed by atoms with Crippen LogP contribution in [0, 0.1) is 29.1 Å². The summed E-state index contributed by atoms with van der Waals surface area (Å²) in [6, 6.07) is 0. The van der Waals surface area contributed by atoms with Crippen molar-refractivity contribution in [3.8, 4) is 0 Å². The molecule has 4 bridgehead atoms. The third kappa shape index (κ3) is 0.997. The Kier molecular flexibility index (Phi) is 1.96. The van der Waals surface area contributed by atoms with E-state index in [2.05, 4.69) is 6.92 Å². The van der Waals surface area contributed by atoms with Crippen LogP contribution in [0.2, 0.25) is 0 Å². The summed E-state index contributed by atoms with van der Waals surface area (Å²) < 4.78 is 0. The summed E-state index contributed by atoms with van der Waals surface area (Å²) in [4.78, 5) is 0. The lowest BCUT2D eigenvalue weighted by Gasteiger charge is -2.60. The van der Waals surface area contributed by atoms with Crippen LogP contribution in [-0.4, -0.2) is 11.7 Å². The highest BCUT2D eigenvalue weighted by atomic mass is 16.3. The number of aliphatic hydroxyl groups is 1. The molecule has 0 aromatic rings. The van der Waals surface area contributed by atoms with Crippen molar-refractivity contribution < 1.29 is 5.11 Å². The highest BCUT2D eigenvalue weighted by Gasteiger charge is 2.55. The SMILES string of the molecule is CCC1(CO)C2CC3CC(C2)CC1C3. The Hall–Kier alpha value is -0.0400. The van der Waals surface area contributed by atoms with Crippen LogP contribution in [0.1, 0.15) is 45.4 Å². The molecule has 4 aliphatic rings. The second-order valence-electron chi connectivity index (χ2n) is 6.05. The van der Waals surface area contributed by atoms with Crippen LogP contribution < -0.4 is 0 Å². The van der Waals surface area contributed by atoms with E-state index in [9.17, 15) is 5.11 Å². The van der Waals surface area contributed by atoms with E-state index in [4.69, 9.17) is 0 Å². The van der Waals surface area contributed by atoms with Gasteiger partial charge in [0.25, 0.3) is 0 Å². The number of aliphatic hydroxyl groups excluding tert-OH is 1. The van der Waals surface area contributed by atoms with Crippen molar-refractivity contribution in [3.05, 3.63) is 0 Å². The third-order valence-electron chi connectivity index (χ3n) is 5.72. The van der Waals surface area contributed by atoms with Gasteiger partial charge in [-0.05, 0) is 67.6 Å². The van der Waals surface area contributed by atoms with Gasteiger partial charge in [-0.25, -0.2) is 0 Å². The van der Waals surface area contributed by atoms with Crippen LogP contribution in [0.15, 0.2) is 0 Å². The van der Waals surface area contributed by atoms with Crippen LogP contribution >= 0.6 is 0 Å². The Morgan fingerprint density at radius 2 is 1.50 bits per heavy atom. The average Bonchev–Trinajstić information content (AvgIpc) is 2.18. The largest absolute Gasteiger partial charge is 0.396 e. The molecule has 0 aromatic heterocycles. The van der Waals surface area contributed by atoms with Crippen LogP contribution in [0.4, 0.5) is 0 Å². The van der Waals surface area contributed by atoms with Gasteiger partial charge in [0.2, 0.25) is 0 Å². The summed E-state index contributed by atoms with van der Waals surface area (Å²) >= 11 is 0. The molecule has 0 atom stereocenters. The first kappa shape index (κ1) is 9.21. The van der Waals surface area contributed by atoms with Gasteiger partial charge in [-0.2, -0.15) is 0 Å². The Bertz CT molecular complexity index is 199. The Morgan fingerprint density at radius 3 is 1.86 bits per heavy atom. The molecule has 0 heterocycles. The maximum absolute atomic E-state index is 9.75. The maximum Gasteiger partial charge on any atom is 0.0492 e. The van der Waals surface area contributed by atoms with E-state index in [1.807, 2.05) is 0 Å². The van der Waals surface area contributed by atoms with Crippen molar-refractivity contribution in [2.24, 2.45) is 29.1 Å². The van der Waals surface area contributed by atoms with E-state index < -0.39 is 0 Å². The lowest BCUT2D eigenvalue weighted by molar-refractivity contribution is -0.133. The minimum absolute atomic E-state index is 0.341. The summed E-state index contributed by atoms with van der Waals surface area (Å²) in [5.74, 6) is 3.80. The molecule has 0 saturated heterocycles. The summed E-state index contributed by atoms with van der Waals surface area (Å²) in [5, 5.41) is 9.75. The molecule has 1 heteroatoms. The van der Waals surface area contributed by atoms with Crippen molar-refractivity contribution in [1.29, 1.82) is 0 Å². The summed E-state index contributed by atoms with van der Waals surface area (Å²) in [5.41, 5.74) is 0.341. The van der Waals surface area contributed by atoms with Gasteiger partial charge in [-0.15, -0.1) is 0 Å². The summed E-state index contributed by atoms with van der Waals surface area (Å²) in [6.45, 7) is 2.75. The maximum atomic E-state index is 9.75. The number of hydrogen-bond acceptors (Lipinski definition) is 1. The van der Waals surface area contributed by atoms with Crippen molar-refractivity contribution >= 4 is 0 Å². The fourth-order valence-electron chi connectivity index (χ4n) is 5.07. The molecule has 0 radical (unpaired) electrons. The molecule has 1 nitrogen and oxygen atoms in total. The third-order valence-corrected chi connectivity index (χ3v) is 5.72. The number of rotatable bonds is 2. The fraction of sp³-hybridized carbons (Fsp3) is 1.00. The second-order valence-corrected chi connectivity index (χ2v) is 6.05. The zero-order valence-electron chi connectivity index (χ0n) is 9.21. The first-order valence-electron chi connectivity index (χ1n) is 6.39. The van der Waals surface area contributed by atoms with E-state index in [1.165, 1.54) is 38.5 Å². The smallest absolute Gasteiger partial charge is 0.0492 e. The Balaban J connectivity index is 1.93. The first-order valence-corrected chi connectivity index (χ1v) is 6.39. The molecule has 4 rings (SSSR count).